The predicted molar refractivity (Wildman–Crippen MR) is 79.5 cm³/mol. The lowest BCUT2D eigenvalue weighted by Crippen LogP contribution is -2.45. The topological polar surface area (TPSA) is 33.7 Å². The van der Waals surface area contributed by atoms with Crippen molar-refractivity contribution in [3.63, 3.8) is 0 Å². The van der Waals surface area contributed by atoms with Crippen LogP contribution in [0.3, 0.4) is 0 Å². The standard InChI is InChI=1S/C16H24N2O2/c1-19-14-5-3-4-13(16(14)20-2)15(12-6-7-12)18-10-8-17-9-11-18/h3-5,12,15,17H,6-11H2,1-2H3/t15-/m0/s1. The van der Waals surface area contributed by atoms with Crippen LogP contribution in [0.5, 0.6) is 11.5 Å². The summed E-state index contributed by atoms with van der Waals surface area (Å²) < 4.78 is 11.1. The monoisotopic (exact) mass is 276 g/mol. The maximum absolute atomic E-state index is 5.65. The minimum absolute atomic E-state index is 0.474. The van der Waals surface area contributed by atoms with E-state index in [0.717, 1.165) is 43.6 Å². The number of hydrogen-bond donors (Lipinski definition) is 1. The Morgan fingerprint density at radius 2 is 1.90 bits per heavy atom. The molecule has 2 aliphatic rings. The maximum atomic E-state index is 5.65. The smallest absolute Gasteiger partial charge is 0.165 e. The molecule has 4 heteroatoms. The molecule has 0 radical (unpaired) electrons. The van der Waals surface area contributed by atoms with Crippen molar-refractivity contribution in [2.24, 2.45) is 5.92 Å². The summed E-state index contributed by atoms with van der Waals surface area (Å²) in [4.78, 5) is 2.60. The van der Waals surface area contributed by atoms with Crippen LogP contribution < -0.4 is 14.8 Å². The highest BCUT2D eigenvalue weighted by molar-refractivity contribution is 5.48. The van der Waals surface area contributed by atoms with E-state index in [0.29, 0.717) is 6.04 Å². The molecule has 1 saturated carbocycles. The summed E-state index contributed by atoms with van der Waals surface area (Å²) in [6.07, 6.45) is 2.66. The Hall–Kier alpha value is -1.26. The summed E-state index contributed by atoms with van der Waals surface area (Å²) in [6, 6.07) is 6.73. The third-order valence-electron chi connectivity index (χ3n) is 4.37. The van der Waals surface area contributed by atoms with Gasteiger partial charge in [-0.25, -0.2) is 0 Å². The van der Waals surface area contributed by atoms with Crippen LogP contribution in [-0.4, -0.2) is 45.3 Å². The van der Waals surface area contributed by atoms with Gasteiger partial charge < -0.3 is 14.8 Å². The summed E-state index contributed by atoms with van der Waals surface area (Å²) in [5.74, 6) is 2.52. The fourth-order valence-corrected chi connectivity index (χ4v) is 3.27. The van der Waals surface area contributed by atoms with E-state index >= 15 is 0 Å². The predicted octanol–water partition coefficient (Wildman–Crippen LogP) is 2.06. The Morgan fingerprint density at radius 3 is 2.50 bits per heavy atom. The molecule has 4 nitrogen and oxygen atoms in total. The second-order valence-corrected chi connectivity index (χ2v) is 5.65. The van der Waals surface area contributed by atoms with E-state index < -0.39 is 0 Å². The van der Waals surface area contributed by atoms with Gasteiger partial charge in [-0.05, 0) is 24.8 Å². The average molecular weight is 276 g/mol. The van der Waals surface area contributed by atoms with Gasteiger partial charge in [-0.1, -0.05) is 12.1 Å². The molecule has 0 unspecified atom stereocenters. The molecule has 110 valence electrons. The molecule has 0 spiro atoms. The molecule has 1 aromatic rings. The van der Waals surface area contributed by atoms with Gasteiger partial charge in [-0.3, -0.25) is 4.90 Å². The van der Waals surface area contributed by atoms with Crippen molar-refractivity contribution < 1.29 is 9.47 Å². The highest BCUT2D eigenvalue weighted by Gasteiger charge is 2.38. The number of rotatable bonds is 5. The van der Waals surface area contributed by atoms with Crippen LogP contribution in [-0.2, 0) is 0 Å². The molecule has 1 saturated heterocycles. The zero-order chi connectivity index (χ0) is 13.9. The molecule has 0 amide bonds. The van der Waals surface area contributed by atoms with Gasteiger partial charge >= 0.3 is 0 Å². The Bertz CT molecular complexity index is 454. The molecule has 1 atom stereocenters. The van der Waals surface area contributed by atoms with Crippen molar-refractivity contribution in [2.75, 3.05) is 40.4 Å². The van der Waals surface area contributed by atoms with Crippen molar-refractivity contribution in [3.8, 4) is 11.5 Å². The van der Waals surface area contributed by atoms with Gasteiger partial charge in [0.05, 0.1) is 14.2 Å². The molecule has 2 fully saturated rings. The number of para-hydroxylation sites is 1. The lowest BCUT2D eigenvalue weighted by molar-refractivity contribution is 0.153. The van der Waals surface area contributed by atoms with Gasteiger partial charge in [0.25, 0.3) is 0 Å². The molecular formula is C16H24N2O2. The second kappa shape index (κ2) is 6.02. The van der Waals surface area contributed by atoms with Gasteiger partial charge in [0.1, 0.15) is 0 Å². The molecule has 1 N–H and O–H groups in total. The maximum Gasteiger partial charge on any atom is 0.165 e. The number of hydrogen-bond acceptors (Lipinski definition) is 4. The first kappa shape index (κ1) is 13.7. The van der Waals surface area contributed by atoms with E-state index in [-0.39, 0.29) is 0 Å². The summed E-state index contributed by atoms with van der Waals surface area (Å²) in [6.45, 7) is 4.38. The number of nitrogens with zero attached hydrogens (tertiary/aromatic N) is 1. The quantitative estimate of drug-likeness (QED) is 0.892. The molecule has 1 aliphatic carbocycles. The van der Waals surface area contributed by atoms with Crippen LogP contribution in [0.25, 0.3) is 0 Å². The van der Waals surface area contributed by atoms with Crippen molar-refractivity contribution >= 4 is 0 Å². The first-order chi connectivity index (χ1) is 9.85. The van der Waals surface area contributed by atoms with E-state index in [9.17, 15) is 0 Å². The molecular weight excluding hydrogens is 252 g/mol. The normalized spacial score (nSPS) is 21.5. The fraction of sp³-hybridized carbons (Fsp3) is 0.625. The number of methoxy groups -OCH3 is 2. The molecule has 1 aliphatic heterocycles. The number of nitrogens with one attached hydrogen (secondary N) is 1. The highest BCUT2D eigenvalue weighted by atomic mass is 16.5. The molecule has 20 heavy (non-hydrogen) atoms. The summed E-state index contributed by atoms with van der Waals surface area (Å²) in [5, 5.41) is 3.43. The Kier molecular flexibility index (Phi) is 4.13. The number of benzene rings is 1. The lowest BCUT2D eigenvalue weighted by atomic mass is 9.98. The van der Waals surface area contributed by atoms with Crippen molar-refractivity contribution in [1.29, 1.82) is 0 Å². The highest BCUT2D eigenvalue weighted by Crippen LogP contribution is 2.48. The third kappa shape index (κ3) is 2.63. The average Bonchev–Trinajstić information content (AvgIpc) is 3.33. The van der Waals surface area contributed by atoms with Crippen LogP contribution in [0.1, 0.15) is 24.4 Å². The first-order valence-electron chi connectivity index (χ1n) is 7.51. The minimum atomic E-state index is 0.474. The van der Waals surface area contributed by atoms with Gasteiger partial charge in [0.15, 0.2) is 11.5 Å². The van der Waals surface area contributed by atoms with Gasteiger partial charge in [-0.2, -0.15) is 0 Å². The zero-order valence-corrected chi connectivity index (χ0v) is 12.4. The van der Waals surface area contributed by atoms with E-state index in [1.165, 1.54) is 18.4 Å². The van der Waals surface area contributed by atoms with Gasteiger partial charge in [-0.15, -0.1) is 0 Å². The van der Waals surface area contributed by atoms with Crippen molar-refractivity contribution in [3.05, 3.63) is 23.8 Å². The van der Waals surface area contributed by atoms with Crippen LogP contribution in [0.4, 0.5) is 0 Å². The van der Waals surface area contributed by atoms with E-state index in [1.807, 2.05) is 6.07 Å². The summed E-state index contributed by atoms with van der Waals surface area (Å²) >= 11 is 0. The Balaban J connectivity index is 1.94. The van der Waals surface area contributed by atoms with E-state index in [4.69, 9.17) is 9.47 Å². The molecule has 3 rings (SSSR count). The lowest BCUT2D eigenvalue weighted by Gasteiger charge is -2.36. The summed E-state index contributed by atoms with van der Waals surface area (Å²) in [7, 11) is 3.45. The fourth-order valence-electron chi connectivity index (χ4n) is 3.27. The van der Waals surface area contributed by atoms with E-state index in [1.54, 1.807) is 14.2 Å². The van der Waals surface area contributed by atoms with Gasteiger partial charge in [0.2, 0.25) is 0 Å². The van der Waals surface area contributed by atoms with Crippen molar-refractivity contribution in [2.45, 2.75) is 18.9 Å². The van der Waals surface area contributed by atoms with Crippen LogP contribution >= 0.6 is 0 Å². The molecule has 0 bridgehead atoms. The Morgan fingerprint density at radius 1 is 1.15 bits per heavy atom. The minimum Gasteiger partial charge on any atom is -0.493 e. The van der Waals surface area contributed by atoms with Crippen LogP contribution in [0, 0.1) is 5.92 Å². The SMILES string of the molecule is COc1cccc([C@H](C2CC2)N2CCNCC2)c1OC. The first-order valence-corrected chi connectivity index (χ1v) is 7.51. The zero-order valence-electron chi connectivity index (χ0n) is 12.4. The van der Waals surface area contributed by atoms with Crippen LogP contribution in [0.15, 0.2) is 18.2 Å². The van der Waals surface area contributed by atoms with Gasteiger partial charge in [0, 0.05) is 37.8 Å². The largest absolute Gasteiger partial charge is 0.493 e. The summed E-state index contributed by atoms with van der Waals surface area (Å²) in [5.41, 5.74) is 1.29. The van der Waals surface area contributed by atoms with Crippen LogP contribution in [0.2, 0.25) is 0 Å². The second-order valence-electron chi connectivity index (χ2n) is 5.65. The molecule has 1 heterocycles. The Labute approximate surface area is 121 Å². The third-order valence-corrected chi connectivity index (χ3v) is 4.37. The van der Waals surface area contributed by atoms with E-state index in [2.05, 4.69) is 22.3 Å². The van der Waals surface area contributed by atoms with Crippen molar-refractivity contribution in [1.82, 2.24) is 10.2 Å². The number of piperazine rings is 1. The molecule has 1 aromatic carbocycles. The molecule has 0 aromatic heterocycles. The number of ether oxygens (including phenoxy) is 2.